The highest BCUT2D eigenvalue weighted by Gasteiger charge is 2.10. The summed E-state index contributed by atoms with van der Waals surface area (Å²) in [4.78, 5) is 17.6. The van der Waals surface area contributed by atoms with Gasteiger partial charge in [-0.05, 0) is 25.5 Å². The van der Waals surface area contributed by atoms with Crippen molar-refractivity contribution >= 4 is 5.69 Å². The van der Waals surface area contributed by atoms with Crippen LogP contribution in [0.15, 0.2) is 36.7 Å². The second-order valence-corrected chi connectivity index (χ2v) is 4.67. The molecular formula is C14H18N4O2. The third-order valence-corrected chi connectivity index (χ3v) is 3.18. The number of hydrogen-bond donors (Lipinski definition) is 2. The Bertz CT molecular complexity index is 554. The quantitative estimate of drug-likeness (QED) is 0.462. The molecule has 1 heterocycles. The maximum atomic E-state index is 10.7. The first-order valence-electron chi connectivity index (χ1n) is 6.63. The molecule has 2 aromatic rings. The lowest BCUT2D eigenvalue weighted by molar-refractivity contribution is -0.384. The van der Waals surface area contributed by atoms with Crippen molar-refractivity contribution in [3.63, 3.8) is 0 Å². The highest BCUT2D eigenvalue weighted by atomic mass is 16.6. The molecule has 0 amide bonds. The van der Waals surface area contributed by atoms with E-state index in [9.17, 15) is 10.1 Å². The third kappa shape index (κ3) is 3.89. The largest absolute Gasteiger partial charge is 0.349 e. The van der Waals surface area contributed by atoms with Gasteiger partial charge in [0.1, 0.15) is 5.82 Å². The lowest BCUT2D eigenvalue weighted by Gasteiger charge is -2.13. The average molecular weight is 274 g/mol. The van der Waals surface area contributed by atoms with Crippen LogP contribution in [0.25, 0.3) is 0 Å². The first kappa shape index (κ1) is 14.2. The van der Waals surface area contributed by atoms with Gasteiger partial charge in [-0.25, -0.2) is 4.98 Å². The summed E-state index contributed by atoms with van der Waals surface area (Å²) in [6, 6.07) is 6.83. The Balaban J connectivity index is 1.80. The zero-order valence-corrected chi connectivity index (χ0v) is 11.4. The molecule has 0 aliphatic rings. The van der Waals surface area contributed by atoms with Crippen LogP contribution >= 0.6 is 0 Å². The van der Waals surface area contributed by atoms with Crippen LogP contribution < -0.4 is 5.32 Å². The fraction of sp³-hybridized carbons (Fsp3) is 0.357. The van der Waals surface area contributed by atoms with Crippen LogP contribution in [0.1, 0.15) is 30.8 Å². The van der Waals surface area contributed by atoms with Crippen LogP contribution in [-0.4, -0.2) is 21.4 Å². The summed E-state index contributed by atoms with van der Waals surface area (Å²) < 4.78 is 0. The van der Waals surface area contributed by atoms with E-state index in [1.807, 2.05) is 19.2 Å². The van der Waals surface area contributed by atoms with Crippen LogP contribution in [-0.2, 0) is 6.42 Å². The number of nitro groups is 1. The second-order valence-electron chi connectivity index (χ2n) is 4.67. The molecule has 2 rings (SSSR count). The number of benzene rings is 1. The van der Waals surface area contributed by atoms with E-state index in [2.05, 4.69) is 15.3 Å². The lowest BCUT2D eigenvalue weighted by Crippen LogP contribution is -2.20. The molecule has 0 radical (unpaired) electrons. The Morgan fingerprint density at radius 1 is 1.50 bits per heavy atom. The van der Waals surface area contributed by atoms with E-state index in [1.54, 1.807) is 18.3 Å². The Morgan fingerprint density at radius 3 is 3.05 bits per heavy atom. The molecule has 106 valence electrons. The predicted molar refractivity (Wildman–Crippen MR) is 76.4 cm³/mol. The van der Waals surface area contributed by atoms with E-state index < -0.39 is 0 Å². The summed E-state index contributed by atoms with van der Waals surface area (Å²) >= 11 is 0. The van der Waals surface area contributed by atoms with Crippen molar-refractivity contribution in [3.05, 3.63) is 58.2 Å². The van der Waals surface area contributed by atoms with Crippen molar-refractivity contribution in [2.24, 2.45) is 0 Å². The number of imidazole rings is 1. The molecule has 0 saturated carbocycles. The van der Waals surface area contributed by atoms with Gasteiger partial charge in [0.2, 0.25) is 0 Å². The van der Waals surface area contributed by atoms with Crippen molar-refractivity contribution in [2.75, 3.05) is 6.54 Å². The van der Waals surface area contributed by atoms with Gasteiger partial charge in [0, 0.05) is 37.0 Å². The van der Waals surface area contributed by atoms with Gasteiger partial charge in [0.05, 0.1) is 4.92 Å². The summed E-state index contributed by atoms with van der Waals surface area (Å²) in [5.74, 6) is 0.981. The molecule has 0 aliphatic carbocycles. The summed E-state index contributed by atoms with van der Waals surface area (Å²) in [7, 11) is 0. The van der Waals surface area contributed by atoms with E-state index in [-0.39, 0.29) is 16.7 Å². The smallest absolute Gasteiger partial charge is 0.269 e. The molecule has 0 spiro atoms. The van der Waals surface area contributed by atoms with Crippen molar-refractivity contribution in [1.29, 1.82) is 0 Å². The fourth-order valence-electron chi connectivity index (χ4n) is 2.03. The standard InChI is InChI=1S/C14H18N4O2/c1-11(12-4-2-5-13(10-12)18(19)20)15-7-3-6-14-16-8-9-17-14/h2,4-5,8-11,15H,3,6-7H2,1H3,(H,16,17). The average Bonchev–Trinajstić information content (AvgIpc) is 2.96. The number of aromatic nitrogens is 2. The maximum absolute atomic E-state index is 10.7. The maximum Gasteiger partial charge on any atom is 0.269 e. The molecule has 1 aromatic carbocycles. The fourth-order valence-corrected chi connectivity index (χ4v) is 2.03. The Labute approximate surface area is 117 Å². The van der Waals surface area contributed by atoms with Crippen LogP contribution in [0.2, 0.25) is 0 Å². The van der Waals surface area contributed by atoms with Gasteiger partial charge in [0.15, 0.2) is 0 Å². The zero-order valence-electron chi connectivity index (χ0n) is 11.4. The van der Waals surface area contributed by atoms with Gasteiger partial charge >= 0.3 is 0 Å². The Morgan fingerprint density at radius 2 is 2.35 bits per heavy atom. The molecular weight excluding hydrogens is 256 g/mol. The number of nitrogens with one attached hydrogen (secondary N) is 2. The van der Waals surface area contributed by atoms with Crippen molar-refractivity contribution < 1.29 is 4.92 Å². The molecule has 20 heavy (non-hydrogen) atoms. The number of non-ortho nitro benzene ring substituents is 1. The zero-order chi connectivity index (χ0) is 14.4. The van der Waals surface area contributed by atoms with E-state index in [0.29, 0.717) is 0 Å². The summed E-state index contributed by atoms with van der Waals surface area (Å²) in [5, 5.41) is 14.1. The molecule has 0 fully saturated rings. The number of H-pyrrole nitrogens is 1. The van der Waals surface area contributed by atoms with Crippen molar-refractivity contribution in [1.82, 2.24) is 15.3 Å². The van der Waals surface area contributed by atoms with Crippen LogP contribution in [0.3, 0.4) is 0 Å². The molecule has 0 bridgehead atoms. The molecule has 0 aliphatic heterocycles. The Hall–Kier alpha value is -2.21. The van der Waals surface area contributed by atoms with E-state index in [4.69, 9.17) is 0 Å². The minimum atomic E-state index is -0.368. The minimum Gasteiger partial charge on any atom is -0.349 e. The molecule has 1 unspecified atom stereocenters. The summed E-state index contributed by atoms with van der Waals surface area (Å²) in [5.41, 5.74) is 1.06. The van der Waals surface area contributed by atoms with Gasteiger partial charge < -0.3 is 10.3 Å². The number of hydrogen-bond acceptors (Lipinski definition) is 4. The first-order valence-corrected chi connectivity index (χ1v) is 6.63. The molecule has 1 atom stereocenters. The number of nitrogens with zero attached hydrogens (tertiary/aromatic N) is 2. The molecule has 6 heteroatoms. The summed E-state index contributed by atoms with van der Waals surface area (Å²) in [6.45, 7) is 2.84. The summed E-state index contributed by atoms with van der Waals surface area (Å²) in [6.07, 6.45) is 5.41. The van der Waals surface area contributed by atoms with Crippen LogP contribution in [0.5, 0.6) is 0 Å². The molecule has 2 N–H and O–H groups in total. The molecule has 1 aromatic heterocycles. The van der Waals surface area contributed by atoms with Gasteiger partial charge in [-0.3, -0.25) is 10.1 Å². The van der Waals surface area contributed by atoms with Crippen molar-refractivity contribution in [3.8, 4) is 0 Å². The topological polar surface area (TPSA) is 83.8 Å². The number of rotatable bonds is 7. The molecule has 0 saturated heterocycles. The van der Waals surface area contributed by atoms with E-state index >= 15 is 0 Å². The Kier molecular flexibility index (Phi) is 4.84. The number of aromatic amines is 1. The van der Waals surface area contributed by atoms with Crippen LogP contribution in [0, 0.1) is 10.1 Å². The SMILES string of the molecule is CC(NCCCc1ncc[nH]1)c1cccc([N+](=O)[O-])c1. The van der Waals surface area contributed by atoms with Gasteiger partial charge in [-0.1, -0.05) is 12.1 Å². The number of nitro benzene ring substituents is 1. The van der Waals surface area contributed by atoms with Gasteiger partial charge in [-0.2, -0.15) is 0 Å². The molecule has 6 nitrogen and oxygen atoms in total. The monoisotopic (exact) mass is 274 g/mol. The normalized spacial score (nSPS) is 12.2. The highest BCUT2D eigenvalue weighted by Crippen LogP contribution is 2.18. The first-order chi connectivity index (χ1) is 9.66. The van der Waals surface area contributed by atoms with Crippen molar-refractivity contribution in [2.45, 2.75) is 25.8 Å². The predicted octanol–water partition coefficient (Wildman–Crippen LogP) is 2.60. The van der Waals surface area contributed by atoms with Gasteiger partial charge in [-0.15, -0.1) is 0 Å². The third-order valence-electron chi connectivity index (χ3n) is 3.18. The number of aryl methyl sites for hydroxylation is 1. The highest BCUT2D eigenvalue weighted by molar-refractivity contribution is 5.35. The van der Waals surface area contributed by atoms with E-state index in [1.165, 1.54) is 6.07 Å². The lowest BCUT2D eigenvalue weighted by atomic mass is 10.1. The van der Waals surface area contributed by atoms with Crippen LogP contribution in [0.4, 0.5) is 5.69 Å². The van der Waals surface area contributed by atoms with E-state index in [0.717, 1.165) is 30.8 Å². The minimum absolute atomic E-state index is 0.0894. The second kappa shape index (κ2) is 6.81. The van der Waals surface area contributed by atoms with Gasteiger partial charge in [0.25, 0.3) is 5.69 Å².